The number of hydrogen-bond donors (Lipinski definition) is 0. The zero-order valence-electron chi connectivity index (χ0n) is 9.27. The summed E-state index contributed by atoms with van der Waals surface area (Å²) < 4.78 is 5.04. The Morgan fingerprint density at radius 2 is 2.00 bits per heavy atom. The number of rotatable bonds is 4. The largest absolute Gasteiger partial charge is 0.462 e. The number of hydrogen-bond acceptors (Lipinski definition) is 4. The number of carbonyl (C=O) groups is 1. The number of carbonyl (C=O) groups excluding carboxylic acids is 2. The second kappa shape index (κ2) is 5.83. The first-order valence-corrected chi connectivity index (χ1v) is 4.98. The highest BCUT2D eigenvalue weighted by Crippen LogP contribution is 2.13. The summed E-state index contributed by atoms with van der Waals surface area (Å²) in [6.07, 6.45) is 1.43. The third-order valence-corrected chi connectivity index (χ3v) is 1.83. The molecule has 0 bridgehead atoms. The van der Waals surface area contributed by atoms with Crippen LogP contribution >= 0.6 is 0 Å². The zero-order valence-corrected chi connectivity index (χ0v) is 9.27. The Hall–Kier alpha value is -1.93. The molecule has 0 saturated heterocycles. The first-order valence-electron chi connectivity index (χ1n) is 4.98. The predicted octanol–water partition coefficient (Wildman–Crippen LogP) is 2.47. The lowest BCUT2D eigenvalue weighted by molar-refractivity contribution is 0.0459. The first-order chi connectivity index (χ1) is 7.63. The summed E-state index contributed by atoms with van der Waals surface area (Å²) in [6.45, 7) is 4.33. The van der Waals surface area contributed by atoms with Crippen LogP contribution < -0.4 is 0 Å². The number of isocyanates is 1. The van der Waals surface area contributed by atoms with Crippen molar-refractivity contribution in [3.63, 3.8) is 0 Å². The second-order valence-corrected chi connectivity index (χ2v) is 3.74. The van der Waals surface area contributed by atoms with E-state index in [-0.39, 0.29) is 5.97 Å². The van der Waals surface area contributed by atoms with Gasteiger partial charge in [0.05, 0.1) is 17.9 Å². The molecule has 0 fully saturated rings. The van der Waals surface area contributed by atoms with Crippen molar-refractivity contribution in [3.05, 3.63) is 29.8 Å². The Balaban J connectivity index is 2.66. The van der Waals surface area contributed by atoms with E-state index in [2.05, 4.69) is 4.99 Å². The van der Waals surface area contributed by atoms with Crippen LogP contribution in [0.25, 0.3) is 0 Å². The van der Waals surface area contributed by atoms with Gasteiger partial charge in [-0.1, -0.05) is 13.8 Å². The van der Waals surface area contributed by atoms with Gasteiger partial charge in [0.1, 0.15) is 0 Å². The maximum Gasteiger partial charge on any atom is 0.338 e. The van der Waals surface area contributed by atoms with E-state index in [1.165, 1.54) is 6.08 Å². The molecule has 0 atom stereocenters. The lowest BCUT2D eigenvalue weighted by Crippen LogP contribution is -2.09. The Kier molecular flexibility index (Phi) is 4.42. The number of esters is 1. The van der Waals surface area contributed by atoms with Crippen LogP contribution in [0.5, 0.6) is 0 Å². The SMILES string of the molecule is CC(C)COC(=O)c1ccc(N=C=O)cc1. The Morgan fingerprint density at radius 3 is 2.50 bits per heavy atom. The summed E-state index contributed by atoms with van der Waals surface area (Å²) in [5.74, 6) is -0.0572. The highest BCUT2D eigenvalue weighted by atomic mass is 16.5. The molecule has 0 amide bonds. The van der Waals surface area contributed by atoms with Crippen LogP contribution in [0.1, 0.15) is 24.2 Å². The molecule has 1 aromatic rings. The van der Waals surface area contributed by atoms with Crippen LogP contribution in [0.3, 0.4) is 0 Å². The number of aliphatic imine (C=N–C) groups is 1. The molecule has 0 unspecified atom stereocenters. The highest BCUT2D eigenvalue weighted by molar-refractivity contribution is 5.89. The number of benzene rings is 1. The summed E-state index contributed by atoms with van der Waals surface area (Å²) in [5.41, 5.74) is 0.918. The minimum Gasteiger partial charge on any atom is -0.462 e. The number of nitrogens with zero attached hydrogens (tertiary/aromatic N) is 1. The van der Waals surface area contributed by atoms with E-state index >= 15 is 0 Å². The molecule has 4 nitrogen and oxygen atoms in total. The van der Waals surface area contributed by atoms with Gasteiger partial charge < -0.3 is 4.74 Å². The molecule has 0 saturated carbocycles. The summed E-state index contributed by atoms with van der Waals surface area (Å²) in [6, 6.07) is 6.27. The molecular formula is C12H13NO3. The van der Waals surface area contributed by atoms with Crippen molar-refractivity contribution < 1.29 is 14.3 Å². The normalized spacial score (nSPS) is 9.69. The van der Waals surface area contributed by atoms with Gasteiger partial charge in [-0.2, -0.15) is 4.99 Å². The lowest BCUT2D eigenvalue weighted by atomic mass is 10.2. The summed E-state index contributed by atoms with van der Waals surface area (Å²) in [5, 5.41) is 0. The summed E-state index contributed by atoms with van der Waals surface area (Å²) in [4.78, 5) is 24.9. The topological polar surface area (TPSA) is 55.7 Å². The van der Waals surface area contributed by atoms with Gasteiger partial charge in [-0.05, 0) is 30.2 Å². The maximum atomic E-state index is 11.5. The second-order valence-electron chi connectivity index (χ2n) is 3.74. The molecule has 0 aliphatic rings. The molecular weight excluding hydrogens is 206 g/mol. The fourth-order valence-electron chi connectivity index (χ4n) is 1.05. The van der Waals surface area contributed by atoms with E-state index in [0.29, 0.717) is 23.8 Å². The molecule has 4 heteroatoms. The maximum absolute atomic E-state index is 11.5. The van der Waals surface area contributed by atoms with Crippen LogP contribution in [-0.4, -0.2) is 18.7 Å². The van der Waals surface area contributed by atoms with E-state index in [1.807, 2.05) is 13.8 Å². The smallest absolute Gasteiger partial charge is 0.338 e. The molecule has 0 N–H and O–H groups in total. The third-order valence-electron chi connectivity index (χ3n) is 1.83. The molecule has 0 aromatic heterocycles. The van der Waals surface area contributed by atoms with E-state index in [9.17, 15) is 9.59 Å². The quantitative estimate of drug-likeness (QED) is 0.444. The Labute approximate surface area is 94.0 Å². The summed E-state index contributed by atoms with van der Waals surface area (Å²) >= 11 is 0. The van der Waals surface area contributed by atoms with Crippen molar-refractivity contribution in [3.8, 4) is 0 Å². The van der Waals surface area contributed by atoms with E-state index < -0.39 is 0 Å². The number of ether oxygens (including phenoxy) is 1. The predicted molar refractivity (Wildman–Crippen MR) is 59.3 cm³/mol. The van der Waals surface area contributed by atoms with Gasteiger partial charge in [0.2, 0.25) is 6.08 Å². The molecule has 84 valence electrons. The summed E-state index contributed by atoms with van der Waals surface area (Å²) in [7, 11) is 0. The van der Waals surface area contributed by atoms with E-state index in [1.54, 1.807) is 24.3 Å². The van der Waals surface area contributed by atoms with Gasteiger partial charge in [-0.15, -0.1) is 0 Å². The average Bonchev–Trinajstić information content (AvgIpc) is 2.27. The lowest BCUT2D eigenvalue weighted by Gasteiger charge is -2.06. The molecule has 0 radical (unpaired) electrons. The third kappa shape index (κ3) is 3.67. The van der Waals surface area contributed by atoms with E-state index in [4.69, 9.17) is 4.74 Å². The fraction of sp³-hybridized carbons (Fsp3) is 0.333. The van der Waals surface area contributed by atoms with Gasteiger partial charge in [-0.3, -0.25) is 0 Å². The standard InChI is InChI=1S/C12H13NO3/c1-9(2)7-16-12(15)10-3-5-11(6-4-10)13-8-14/h3-6,9H,7H2,1-2H3. The van der Waals surface area contributed by atoms with Crippen LogP contribution in [0.2, 0.25) is 0 Å². The van der Waals surface area contributed by atoms with Crippen LogP contribution in [0, 0.1) is 5.92 Å². The van der Waals surface area contributed by atoms with Gasteiger partial charge in [0.15, 0.2) is 0 Å². The monoisotopic (exact) mass is 219 g/mol. The molecule has 1 rings (SSSR count). The molecule has 0 aliphatic carbocycles. The minimum atomic E-state index is -0.365. The first kappa shape index (κ1) is 12.1. The minimum absolute atomic E-state index is 0.308. The van der Waals surface area contributed by atoms with Crippen molar-refractivity contribution in [2.75, 3.05) is 6.61 Å². The molecule has 0 spiro atoms. The zero-order chi connectivity index (χ0) is 12.0. The molecule has 16 heavy (non-hydrogen) atoms. The van der Waals surface area contributed by atoms with Gasteiger partial charge >= 0.3 is 5.97 Å². The highest BCUT2D eigenvalue weighted by Gasteiger charge is 2.07. The van der Waals surface area contributed by atoms with Crippen molar-refractivity contribution in [1.29, 1.82) is 0 Å². The molecule has 0 aliphatic heterocycles. The van der Waals surface area contributed by atoms with Gasteiger partial charge in [0.25, 0.3) is 0 Å². The molecule has 1 aromatic carbocycles. The van der Waals surface area contributed by atoms with Crippen LogP contribution in [-0.2, 0) is 9.53 Å². The average molecular weight is 219 g/mol. The van der Waals surface area contributed by atoms with Crippen molar-refractivity contribution in [2.45, 2.75) is 13.8 Å². The van der Waals surface area contributed by atoms with E-state index in [0.717, 1.165) is 0 Å². The van der Waals surface area contributed by atoms with Gasteiger partial charge in [-0.25, -0.2) is 9.59 Å². The fourth-order valence-corrected chi connectivity index (χ4v) is 1.05. The Bertz CT molecular complexity index is 403. The van der Waals surface area contributed by atoms with Crippen molar-refractivity contribution >= 4 is 17.7 Å². The van der Waals surface area contributed by atoms with Crippen molar-refractivity contribution in [2.24, 2.45) is 10.9 Å². The van der Waals surface area contributed by atoms with Crippen molar-refractivity contribution in [1.82, 2.24) is 0 Å². The van der Waals surface area contributed by atoms with Gasteiger partial charge in [0, 0.05) is 0 Å². The van der Waals surface area contributed by atoms with Crippen LogP contribution in [0.4, 0.5) is 5.69 Å². The molecule has 0 heterocycles. The van der Waals surface area contributed by atoms with Crippen LogP contribution in [0.15, 0.2) is 29.3 Å². The Morgan fingerprint density at radius 1 is 1.38 bits per heavy atom.